The first-order valence-electron chi connectivity index (χ1n) is 7.61. The number of allylic oxidation sites excluding steroid dienone is 4. The number of carbonyl (C=O) groups is 1. The highest BCUT2D eigenvalue weighted by atomic mass is 35.5. The molecule has 0 bridgehead atoms. The minimum absolute atomic E-state index is 0.0652. The van der Waals surface area contributed by atoms with Gasteiger partial charge in [0.15, 0.2) is 0 Å². The van der Waals surface area contributed by atoms with Crippen molar-refractivity contribution < 1.29 is 9.18 Å². The topological polar surface area (TPSA) is 56.0 Å². The van der Waals surface area contributed by atoms with Crippen LogP contribution in [-0.2, 0) is 4.79 Å². The lowest BCUT2D eigenvalue weighted by molar-refractivity contribution is -0.118. The average Bonchev–Trinajstić information content (AvgIpc) is 2.59. The molecule has 1 heterocycles. The number of rotatable bonds is 4. The molecule has 2 aromatic rings. The first kappa shape index (κ1) is 16.4. The quantitative estimate of drug-likeness (QED) is 0.909. The van der Waals surface area contributed by atoms with Crippen LogP contribution in [0.4, 0.5) is 4.39 Å². The van der Waals surface area contributed by atoms with Gasteiger partial charge in [-0.1, -0.05) is 48.0 Å². The fourth-order valence-corrected chi connectivity index (χ4v) is 3.13. The molecule has 0 saturated heterocycles. The van der Waals surface area contributed by atoms with E-state index in [9.17, 15) is 9.18 Å². The molecule has 0 saturated carbocycles. The zero-order valence-corrected chi connectivity index (χ0v) is 13.6. The Balaban J connectivity index is 2.06. The number of hydrogen-bond donors (Lipinski definition) is 1. The lowest BCUT2D eigenvalue weighted by Gasteiger charge is -2.18. The molecule has 2 unspecified atom stereocenters. The monoisotopic (exact) mass is 342 g/mol. The molecule has 1 aliphatic rings. The number of amides is 1. The Morgan fingerprint density at radius 3 is 2.71 bits per heavy atom. The van der Waals surface area contributed by atoms with Gasteiger partial charge < -0.3 is 5.73 Å². The van der Waals surface area contributed by atoms with Gasteiger partial charge in [-0.25, -0.2) is 4.39 Å². The summed E-state index contributed by atoms with van der Waals surface area (Å²) in [5.74, 6) is -2.16. The van der Waals surface area contributed by atoms with Gasteiger partial charge in [-0.15, -0.1) is 0 Å². The zero-order chi connectivity index (χ0) is 17.1. The standard InChI is InChI=1S/C19H16ClFN2O/c20-13-8-4-9-14(21)17(13)18(19(22)24)16-11-5-10-15(23-16)12-6-2-1-3-7-12/h1-6,8-12,18H,7H2,(H2,22,24). The average molecular weight is 343 g/mol. The van der Waals surface area contributed by atoms with Crippen LogP contribution in [0.5, 0.6) is 0 Å². The maximum atomic E-state index is 14.3. The Kier molecular flexibility index (Phi) is 4.76. The van der Waals surface area contributed by atoms with E-state index >= 15 is 0 Å². The van der Waals surface area contributed by atoms with Crippen molar-refractivity contribution in [2.24, 2.45) is 5.73 Å². The van der Waals surface area contributed by atoms with Crippen LogP contribution in [0.1, 0.15) is 35.2 Å². The molecule has 2 atom stereocenters. The second-order valence-electron chi connectivity index (χ2n) is 5.61. The minimum atomic E-state index is -1.03. The zero-order valence-electron chi connectivity index (χ0n) is 12.8. The van der Waals surface area contributed by atoms with E-state index in [2.05, 4.69) is 11.1 Å². The molecule has 24 heavy (non-hydrogen) atoms. The fourth-order valence-electron chi connectivity index (χ4n) is 2.86. The van der Waals surface area contributed by atoms with Gasteiger partial charge in [-0.3, -0.25) is 9.78 Å². The van der Waals surface area contributed by atoms with E-state index < -0.39 is 17.6 Å². The summed E-state index contributed by atoms with van der Waals surface area (Å²) in [5.41, 5.74) is 6.81. The van der Waals surface area contributed by atoms with Gasteiger partial charge in [0.25, 0.3) is 0 Å². The van der Waals surface area contributed by atoms with E-state index in [4.69, 9.17) is 17.3 Å². The smallest absolute Gasteiger partial charge is 0.231 e. The molecule has 2 N–H and O–H groups in total. The Labute approximate surface area is 144 Å². The molecular weight excluding hydrogens is 327 g/mol. The van der Waals surface area contributed by atoms with Crippen molar-refractivity contribution in [2.75, 3.05) is 0 Å². The third-order valence-electron chi connectivity index (χ3n) is 4.02. The molecule has 122 valence electrons. The molecule has 1 amide bonds. The van der Waals surface area contributed by atoms with Crippen LogP contribution in [0.15, 0.2) is 60.7 Å². The Morgan fingerprint density at radius 2 is 2.04 bits per heavy atom. The molecule has 1 aliphatic carbocycles. The van der Waals surface area contributed by atoms with E-state index in [0.717, 1.165) is 12.1 Å². The van der Waals surface area contributed by atoms with Crippen molar-refractivity contribution in [1.29, 1.82) is 0 Å². The molecule has 0 radical (unpaired) electrons. The molecule has 0 aliphatic heterocycles. The molecule has 0 fully saturated rings. The highest BCUT2D eigenvalue weighted by molar-refractivity contribution is 6.31. The van der Waals surface area contributed by atoms with E-state index in [1.807, 2.05) is 24.3 Å². The van der Waals surface area contributed by atoms with Crippen molar-refractivity contribution in [3.05, 3.63) is 88.5 Å². The van der Waals surface area contributed by atoms with E-state index in [0.29, 0.717) is 5.69 Å². The summed E-state index contributed by atoms with van der Waals surface area (Å²) in [7, 11) is 0. The number of hydrogen-bond acceptors (Lipinski definition) is 2. The molecule has 1 aromatic heterocycles. The number of pyridine rings is 1. The Bertz CT molecular complexity index is 812. The maximum absolute atomic E-state index is 14.3. The summed E-state index contributed by atoms with van der Waals surface area (Å²) in [6, 6.07) is 9.64. The highest BCUT2D eigenvalue weighted by Gasteiger charge is 2.28. The summed E-state index contributed by atoms with van der Waals surface area (Å²) in [6.45, 7) is 0. The molecule has 3 rings (SSSR count). The molecular formula is C19H16ClFN2O. The van der Waals surface area contributed by atoms with Crippen LogP contribution in [0.2, 0.25) is 5.02 Å². The summed E-state index contributed by atoms with van der Waals surface area (Å²) in [5, 5.41) is 0.159. The molecule has 3 nitrogen and oxygen atoms in total. The Hall–Kier alpha value is -2.46. The van der Waals surface area contributed by atoms with Crippen LogP contribution in [0, 0.1) is 5.82 Å². The van der Waals surface area contributed by atoms with E-state index in [-0.39, 0.29) is 16.5 Å². The number of nitrogens with zero attached hydrogens (tertiary/aromatic N) is 1. The van der Waals surface area contributed by atoms with Crippen molar-refractivity contribution in [3.63, 3.8) is 0 Å². The third-order valence-corrected chi connectivity index (χ3v) is 4.35. The van der Waals surface area contributed by atoms with Crippen molar-refractivity contribution >= 4 is 17.5 Å². The van der Waals surface area contributed by atoms with Gasteiger partial charge in [0, 0.05) is 22.2 Å². The molecule has 1 aromatic carbocycles. The SMILES string of the molecule is NC(=O)C(c1cccc(C2C=CC=CC2)n1)c1c(F)cccc1Cl. The van der Waals surface area contributed by atoms with Gasteiger partial charge in [-0.05, 0) is 30.7 Å². The third kappa shape index (κ3) is 3.24. The molecule has 5 heteroatoms. The second-order valence-corrected chi connectivity index (χ2v) is 6.02. The van der Waals surface area contributed by atoms with Gasteiger partial charge >= 0.3 is 0 Å². The fraction of sp³-hybridized carbons (Fsp3) is 0.158. The Morgan fingerprint density at radius 1 is 1.25 bits per heavy atom. The first-order chi connectivity index (χ1) is 11.6. The van der Waals surface area contributed by atoms with E-state index in [1.54, 1.807) is 12.1 Å². The number of carbonyl (C=O) groups excluding carboxylic acids is 1. The van der Waals surface area contributed by atoms with Crippen LogP contribution in [0.3, 0.4) is 0 Å². The van der Waals surface area contributed by atoms with E-state index in [1.165, 1.54) is 18.2 Å². The van der Waals surface area contributed by atoms with Gasteiger partial charge in [-0.2, -0.15) is 0 Å². The number of nitrogens with two attached hydrogens (primary N) is 1. The van der Waals surface area contributed by atoms with Crippen molar-refractivity contribution in [1.82, 2.24) is 4.98 Å². The first-order valence-corrected chi connectivity index (χ1v) is 7.99. The number of benzene rings is 1. The normalized spacial score (nSPS) is 17.7. The lowest BCUT2D eigenvalue weighted by Crippen LogP contribution is -2.25. The second kappa shape index (κ2) is 6.97. The lowest BCUT2D eigenvalue weighted by atomic mass is 9.92. The van der Waals surface area contributed by atoms with Crippen molar-refractivity contribution in [3.8, 4) is 0 Å². The summed E-state index contributed by atoms with van der Waals surface area (Å²) in [6.07, 6.45) is 8.86. The summed E-state index contributed by atoms with van der Waals surface area (Å²) in [4.78, 5) is 16.6. The van der Waals surface area contributed by atoms with Gasteiger partial charge in [0.1, 0.15) is 11.7 Å². The van der Waals surface area contributed by atoms with Crippen molar-refractivity contribution in [2.45, 2.75) is 18.3 Å². The predicted octanol–water partition coefficient (Wildman–Crippen LogP) is 4.09. The van der Waals surface area contributed by atoms with Gasteiger partial charge in [0.05, 0.1) is 5.69 Å². The largest absolute Gasteiger partial charge is 0.369 e. The van der Waals surface area contributed by atoms with Crippen LogP contribution >= 0.6 is 11.6 Å². The molecule has 0 spiro atoms. The highest BCUT2D eigenvalue weighted by Crippen LogP contribution is 2.32. The maximum Gasteiger partial charge on any atom is 0.231 e. The summed E-state index contributed by atoms with van der Waals surface area (Å²) < 4.78 is 14.3. The van der Waals surface area contributed by atoms with Gasteiger partial charge in [0.2, 0.25) is 5.91 Å². The number of primary amides is 1. The van der Waals surface area contributed by atoms with Crippen LogP contribution in [-0.4, -0.2) is 10.9 Å². The summed E-state index contributed by atoms with van der Waals surface area (Å²) >= 11 is 6.11. The van der Waals surface area contributed by atoms with Crippen LogP contribution < -0.4 is 5.73 Å². The predicted molar refractivity (Wildman–Crippen MR) is 92.3 cm³/mol. The number of aromatic nitrogens is 1. The van der Waals surface area contributed by atoms with Crippen LogP contribution in [0.25, 0.3) is 0 Å². The minimum Gasteiger partial charge on any atom is -0.369 e. The number of halogens is 2.